The van der Waals surface area contributed by atoms with Gasteiger partial charge in [0.2, 0.25) is 0 Å². The molecule has 0 spiro atoms. The van der Waals surface area contributed by atoms with Gasteiger partial charge in [0.15, 0.2) is 0 Å². The van der Waals surface area contributed by atoms with Gasteiger partial charge in [-0.3, -0.25) is 9.69 Å². The van der Waals surface area contributed by atoms with Crippen LogP contribution < -0.4 is 9.84 Å². The van der Waals surface area contributed by atoms with E-state index in [1.807, 2.05) is 18.4 Å². The third kappa shape index (κ3) is 4.31. The lowest BCUT2D eigenvalue weighted by atomic mass is 10.1. The van der Waals surface area contributed by atoms with Gasteiger partial charge >= 0.3 is 0 Å². The summed E-state index contributed by atoms with van der Waals surface area (Å²) in [6, 6.07) is 6.17. The van der Waals surface area contributed by atoms with Crippen LogP contribution in [0.2, 0.25) is 0 Å². The molecule has 1 heterocycles. The van der Waals surface area contributed by atoms with E-state index in [4.69, 9.17) is 17.0 Å². The average Bonchev–Trinajstić information content (AvgIpc) is 2.83. The van der Waals surface area contributed by atoms with E-state index in [1.54, 1.807) is 25.3 Å². The molecule has 0 unspecified atom stereocenters. The lowest BCUT2D eigenvalue weighted by Gasteiger charge is -2.27. The molecule has 1 aliphatic rings. The Balaban J connectivity index is 2.23. The lowest BCUT2D eigenvalue weighted by Crippen LogP contribution is -2.50. The number of nitrogens with zero attached hydrogens (tertiary/aromatic N) is 1. The second kappa shape index (κ2) is 8.55. The van der Waals surface area contributed by atoms with Gasteiger partial charge in [-0.2, -0.15) is 11.8 Å². The number of carbonyl (C=O) groups excluding carboxylic acids is 2. The molecule has 1 atom stereocenters. The molecule has 0 saturated carbocycles. The largest absolute Gasteiger partial charge is 0.548 e. The summed E-state index contributed by atoms with van der Waals surface area (Å²) in [5, 5.41) is 11.4. The Morgan fingerprint density at radius 3 is 2.67 bits per heavy atom. The summed E-state index contributed by atoms with van der Waals surface area (Å²) in [6.45, 7) is 0. The predicted octanol–water partition coefficient (Wildman–Crippen LogP) is 1.77. The molecule has 1 aromatic rings. The van der Waals surface area contributed by atoms with Gasteiger partial charge in [-0.15, -0.1) is 0 Å². The van der Waals surface area contributed by atoms with E-state index in [0.717, 1.165) is 22.2 Å². The third-order valence-corrected chi connectivity index (χ3v) is 5.39. The summed E-state index contributed by atoms with van der Waals surface area (Å²) in [4.78, 5) is 25.5. The molecule has 0 aliphatic carbocycles. The summed E-state index contributed by atoms with van der Waals surface area (Å²) in [6.07, 6.45) is 3.87. The highest BCUT2D eigenvalue weighted by atomic mass is 32.2. The Hall–Kier alpha value is -1.51. The SMILES string of the molecule is COc1ccc(/C=C2\SC(=S)N([C@@H](CCSC)C(=O)[O-])C2=O)cc1. The number of amides is 1. The van der Waals surface area contributed by atoms with Crippen molar-refractivity contribution in [2.75, 3.05) is 19.1 Å². The van der Waals surface area contributed by atoms with Gasteiger partial charge in [0.1, 0.15) is 10.1 Å². The van der Waals surface area contributed by atoms with Crippen LogP contribution in [0.15, 0.2) is 29.2 Å². The van der Waals surface area contributed by atoms with Crippen LogP contribution in [0.25, 0.3) is 6.08 Å². The quantitative estimate of drug-likeness (QED) is 0.526. The standard InChI is InChI=1S/C16H17NO4S3/c1-21-11-5-3-10(4-6-11)9-13-14(18)17(16(22)24-13)12(15(19)20)7-8-23-2/h3-6,9,12H,7-8H2,1-2H3,(H,19,20)/p-1/b13-9-/t12-/m0/s1. The summed E-state index contributed by atoms with van der Waals surface area (Å²) < 4.78 is 5.34. The van der Waals surface area contributed by atoms with E-state index in [-0.39, 0.29) is 4.32 Å². The van der Waals surface area contributed by atoms with Crippen LogP contribution in [0.4, 0.5) is 0 Å². The molecule has 8 heteroatoms. The molecular formula is C16H16NO4S3-. The fourth-order valence-corrected chi connectivity index (χ4v) is 4.00. The van der Waals surface area contributed by atoms with Crippen LogP contribution in [-0.4, -0.2) is 46.3 Å². The second-order valence-corrected chi connectivity index (χ2v) is 7.60. The molecule has 24 heavy (non-hydrogen) atoms. The van der Waals surface area contributed by atoms with Gasteiger partial charge < -0.3 is 14.6 Å². The number of hydrogen-bond donors (Lipinski definition) is 0. The molecule has 1 amide bonds. The maximum absolute atomic E-state index is 12.6. The molecule has 0 N–H and O–H groups in total. The zero-order valence-corrected chi connectivity index (χ0v) is 15.6. The zero-order valence-electron chi connectivity index (χ0n) is 13.2. The van der Waals surface area contributed by atoms with E-state index in [9.17, 15) is 14.7 Å². The van der Waals surface area contributed by atoms with Crippen molar-refractivity contribution in [3.05, 3.63) is 34.7 Å². The highest BCUT2D eigenvalue weighted by molar-refractivity contribution is 8.26. The molecule has 128 valence electrons. The first-order valence-electron chi connectivity index (χ1n) is 7.09. The van der Waals surface area contributed by atoms with Gasteiger partial charge in [0, 0.05) is 0 Å². The fraction of sp³-hybridized carbons (Fsp3) is 0.312. The number of hydrogen-bond acceptors (Lipinski definition) is 7. The van der Waals surface area contributed by atoms with Crippen molar-refractivity contribution in [1.82, 2.24) is 4.90 Å². The molecule has 2 rings (SSSR count). The fourth-order valence-electron chi connectivity index (χ4n) is 2.18. The van der Waals surface area contributed by atoms with E-state index in [0.29, 0.717) is 22.8 Å². The van der Waals surface area contributed by atoms with Crippen LogP contribution in [0.3, 0.4) is 0 Å². The van der Waals surface area contributed by atoms with E-state index >= 15 is 0 Å². The minimum Gasteiger partial charge on any atom is -0.548 e. The molecule has 1 saturated heterocycles. The number of thioether (sulfide) groups is 2. The second-order valence-electron chi connectivity index (χ2n) is 4.94. The molecule has 0 radical (unpaired) electrons. The average molecular weight is 383 g/mol. The van der Waals surface area contributed by atoms with Crippen molar-refractivity contribution in [3.63, 3.8) is 0 Å². The smallest absolute Gasteiger partial charge is 0.266 e. The molecular weight excluding hydrogens is 366 g/mol. The van der Waals surface area contributed by atoms with Crippen molar-refractivity contribution >= 4 is 58.0 Å². The van der Waals surface area contributed by atoms with Crippen LogP contribution in [0, 0.1) is 0 Å². The number of carboxylic acids is 1. The number of carbonyl (C=O) groups is 2. The van der Waals surface area contributed by atoms with E-state index < -0.39 is 17.9 Å². The maximum Gasteiger partial charge on any atom is 0.266 e. The van der Waals surface area contributed by atoms with Gasteiger partial charge in [-0.25, -0.2) is 0 Å². The Kier molecular flexibility index (Phi) is 6.70. The monoisotopic (exact) mass is 382 g/mol. The maximum atomic E-state index is 12.6. The molecule has 1 fully saturated rings. The van der Waals surface area contributed by atoms with Gasteiger partial charge in [-0.1, -0.05) is 36.1 Å². The van der Waals surface area contributed by atoms with Crippen LogP contribution in [0.1, 0.15) is 12.0 Å². The number of carboxylic acid groups (broad SMARTS) is 1. The van der Waals surface area contributed by atoms with Crippen molar-refractivity contribution in [3.8, 4) is 5.75 Å². The highest BCUT2D eigenvalue weighted by Gasteiger charge is 2.37. The summed E-state index contributed by atoms with van der Waals surface area (Å²) in [5.74, 6) is -0.358. The topological polar surface area (TPSA) is 69.7 Å². The molecule has 1 aliphatic heterocycles. The number of aliphatic carboxylic acids is 1. The number of thiocarbonyl (C=S) groups is 1. The van der Waals surface area contributed by atoms with E-state index in [1.165, 1.54) is 11.8 Å². The Bertz CT molecular complexity index is 672. The normalized spacial score (nSPS) is 17.4. The number of methoxy groups -OCH3 is 1. The summed E-state index contributed by atoms with van der Waals surface area (Å²) in [5.41, 5.74) is 0.811. The predicted molar refractivity (Wildman–Crippen MR) is 99.8 cm³/mol. The molecule has 1 aromatic carbocycles. The van der Waals surface area contributed by atoms with Crippen LogP contribution in [-0.2, 0) is 9.59 Å². The molecule has 0 bridgehead atoms. The van der Waals surface area contributed by atoms with E-state index in [2.05, 4.69) is 0 Å². The Labute approximate surface area is 154 Å². The van der Waals surface area contributed by atoms with Gasteiger partial charge in [0.25, 0.3) is 5.91 Å². The number of rotatable bonds is 7. The van der Waals surface area contributed by atoms with Crippen LogP contribution >= 0.6 is 35.7 Å². The van der Waals surface area contributed by atoms with Crippen LogP contribution in [0.5, 0.6) is 5.75 Å². The minimum absolute atomic E-state index is 0.245. The molecule has 0 aromatic heterocycles. The van der Waals surface area contributed by atoms with Crippen molar-refractivity contribution in [1.29, 1.82) is 0 Å². The molecule has 5 nitrogen and oxygen atoms in total. The number of ether oxygens (including phenoxy) is 1. The summed E-state index contributed by atoms with van der Waals surface area (Å²) >= 11 is 7.82. The van der Waals surface area contributed by atoms with Crippen molar-refractivity contribution in [2.24, 2.45) is 0 Å². The van der Waals surface area contributed by atoms with Gasteiger partial charge in [-0.05, 0) is 42.2 Å². The minimum atomic E-state index is -1.29. The lowest BCUT2D eigenvalue weighted by molar-refractivity contribution is -0.310. The number of benzene rings is 1. The summed E-state index contributed by atoms with van der Waals surface area (Å²) in [7, 11) is 1.58. The third-order valence-electron chi connectivity index (χ3n) is 3.42. The first kappa shape index (κ1) is 18.8. The first-order valence-corrected chi connectivity index (χ1v) is 9.70. The zero-order chi connectivity index (χ0) is 17.7. The van der Waals surface area contributed by atoms with Crippen molar-refractivity contribution < 1.29 is 19.4 Å². The Morgan fingerprint density at radius 1 is 1.46 bits per heavy atom. The highest BCUT2D eigenvalue weighted by Crippen LogP contribution is 2.34. The Morgan fingerprint density at radius 2 is 2.12 bits per heavy atom. The first-order chi connectivity index (χ1) is 11.5. The van der Waals surface area contributed by atoms with Gasteiger partial charge in [0.05, 0.1) is 24.0 Å². The van der Waals surface area contributed by atoms with Crippen molar-refractivity contribution in [2.45, 2.75) is 12.5 Å².